The van der Waals surface area contributed by atoms with E-state index in [-0.39, 0.29) is 18.6 Å². The number of ether oxygens (including phenoxy) is 1. The highest BCUT2D eigenvalue weighted by atomic mass is 16.5. The van der Waals surface area contributed by atoms with Gasteiger partial charge in [-0.1, -0.05) is 0 Å². The maximum absolute atomic E-state index is 12.4. The van der Waals surface area contributed by atoms with Crippen molar-refractivity contribution in [1.29, 1.82) is 0 Å². The van der Waals surface area contributed by atoms with Crippen LogP contribution in [0, 0.1) is 0 Å². The summed E-state index contributed by atoms with van der Waals surface area (Å²) in [7, 11) is 0. The number of aliphatic hydroxyl groups excluding tert-OH is 1. The van der Waals surface area contributed by atoms with Gasteiger partial charge in [-0.25, -0.2) is 4.79 Å². The number of carboxylic acid groups (broad SMARTS) is 1. The molecule has 108 valence electrons. The molecule has 0 saturated carbocycles. The van der Waals surface area contributed by atoms with Gasteiger partial charge in [-0.05, 0) is 38.5 Å². The van der Waals surface area contributed by atoms with Crippen molar-refractivity contribution in [3.8, 4) is 0 Å². The van der Waals surface area contributed by atoms with Gasteiger partial charge < -0.3 is 19.8 Å². The second-order valence-electron chi connectivity index (χ2n) is 5.22. The van der Waals surface area contributed by atoms with E-state index in [0.717, 1.165) is 19.3 Å². The summed E-state index contributed by atoms with van der Waals surface area (Å²) in [6.45, 7) is 0.749. The molecule has 2 rings (SSSR count). The zero-order valence-electron chi connectivity index (χ0n) is 11.0. The number of piperidine rings is 1. The van der Waals surface area contributed by atoms with Crippen LogP contribution in [0.25, 0.3) is 0 Å². The Morgan fingerprint density at radius 3 is 2.53 bits per heavy atom. The Kier molecular flexibility index (Phi) is 4.76. The predicted octanol–water partition coefficient (Wildman–Crippen LogP) is 0.382. The number of rotatable bonds is 4. The topological polar surface area (TPSA) is 87.1 Å². The van der Waals surface area contributed by atoms with Crippen LogP contribution in [-0.4, -0.2) is 58.4 Å². The van der Waals surface area contributed by atoms with Gasteiger partial charge in [-0.3, -0.25) is 4.79 Å². The molecule has 19 heavy (non-hydrogen) atoms. The second kappa shape index (κ2) is 6.34. The quantitative estimate of drug-likeness (QED) is 0.772. The molecule has 2 saturated heterocycles. The summed E-state index contributed by atoms with van der Waals surface area (Å²) < 4.78 is 5.31. The molecule has 6 heteroatoms. The monoisotopic (exact) mass is 271 g/mol. The Bertz CT molecular complexity index is 344. The molecular formula is C13H21NO5. The number of carbonyl (C=O) groups is 2. The molecule has 3 atom stereocenters. The van der Waals surface area contributed by atoms with Crippen LogP contribution in [0.5, 0.6) is 0 Å². The molecule has 0 bridgehead atoms. The van der Waals surface area contributed by atoms with Crippen LogP contribution in [0.2, 0.25) is 0 Å². The molecule has 2 aliphatic rings. The van der Waals surface area contributed by atoms with Crippen molar-refractivity contribution >= 4 is 11.9 Å². The summed E-state index contributed by atoms with van der Waals surface area (Å²) in [5.41, 5.74) is 0. The van der Waals surface area contributed by atoms with E-state index in [1.807, 2.05) is 0 Å². The van der Waals surface area contributed by atoms with Gasteiger partial charge in [0.15, 0.2) is 6.10 Å². The maximum Gasteiger partial charge on any atom is 0.332 e. The summed E-state index contributed by atoms with van der Waals surface area (Å²) >= 11 is 0. The Hall–Kier alpha value is -1.14. The third-order valence-electron chi connectivity index (χ3n) is 3.94. The highest BCUT2D eigenvalue weighted by Crippen LogP contribution is 2.26. The van der Waals surface area contributed by atoms with E-state index >= 15 is 0 Å². The molecule has 2 N–H and O–H groups in total. The Labute approximate surface area is 112 Å². The molecule has 0 aromatic carbocycles. The number of hydrogen-bond acceptors (Lipinski definition) is 4. The van der Waals surface area contributed by atoms with E-state index < -0.39 is 18.2 Å². The molecule has 0 aromatic rings. The number of carboxylic acids is 1. The highest BCUT2D eigenvalue weighted by molar-refractivity contribution is 5.83. The van der Waals surface area contributed by atoms with Crippen LogP contribution in [0.3, 0.4) is 0 Å². The van der Waals surface area contributed by atoms with Gasteiger partial charge in [0.2, 0.25) is 0 Å². The van der Waals surface area contributed by atoms with Crippen LogP contribution < -0.4 is 0 Å². The van der Waals surface area contributed by atoms with Gasteiger partial charge in [-0.2, -0.15) is 0 Å². The summed E-state index contributed by atoms with van der Waals surface area (Å²) in [5.74, 6) is -1.11. The second-order valence-corrected chi connectivity index (χ2v) is 5.22. The molecule has 0 radical (unpaired) electrons. The first-order valence-electron chi connectivity index (χ1n) is 6.93. The minimum Gasteiger partial charge on any atom is -0.479 e. The summed E-state index contributed by atoms with van der Waals surface area (Å²) in [5, 5.41) is 17.9. The number of hydrogen-bond donors (Lipinski definition) is 2. The summed E-state index contributed by atoms with van der Waals surface area (Å²) in [6, 6.07) is 0.0683. The minimum atomic E-state index is -0.999. The number of likely N-dealkylation sites (tertiary alicyclic amines) is 1. The fourth-order valence-electron chi connectivity index (χ4n) is 2.93. The normalized spacial score (nSPS) is 31.4. The average molecular weight is 271 g/mol. The van der Waals surface area contributed by atoms with Crippen LogP contribution in [-0.2, 0) is 14.3 Å². The molecule has 0 spiro atoms. The van der Waals surface area contributed by atoms with Crippen molar-refractivity contribution in [2.24, 2.45) is 0 Å². The van der Waals surface area contributed by atoms with Crippen molar-refractivity contribution in [3.05, 3.63) is 0 Å². The zero-order valence-corrected chi connectivity index (χ0v) is 11.0. The average Bonchev–Trinajstić information content (AvgIpc) is 2.89. The van der Waals surface area contributed by atoms with Crippen LogP contribution in [0.15, 0.2) is 0 Å². The van der Waals surface area contributed by atoms with Crippen LogP contribution in [0.4, 0.5) is 0 Å². The largest absolute Gasteiger partial charge is 0.479 e. The third kappa shape index (κ3) is 3.25. The van der Waals surface area contributed by atoms with Gasteiger partial charge in [0, 0.05) is 19.2 Å². The summed E-state index contributed by atoms with van der Waals surface area (Å²) in [4.78, 5) is 25.0. The van der Waals surface area contributed by atoms with E-state index in [0.29, 0.717) is 25.8 Å². The van der Waals surface area contributed by atoms with Gasteiger partial charge in [-0.15, -0.1) is 0 Å². The molecule has 2 aliphatic heterocycles. The van der Waals surface area contributed by atoms with Gasteiger partial charge >= 0.3 is 5.97 Å². The molecule has 2 heterocycles. The van der Waals surface area contributed by atoms with E-state index in [4.69, 9.17) is 14.9 Å². The van der Waals surface area contributed by atoms with E-state index in [9.17, 15) is 9.59 Å². The molecule has 2 fully saturated rings. The lowest BCUT2D eigenvalue weighted by Gasteiger charge is -2.37. The molecule has 0 aliphatic carbocycles. The maximum atomic E-state index is 12.4. The number of aliphatic carboxylic acids is 1. The van der Waals surface area contributed by atoms with Gasteiger partial charge in [0.05, 0.1) is 0 Å². The standard InChI is InChI=1S/C13H21NO5/c15-8-6-9-3-1-2-7-14(9)12(16)10-4-5-11(19-10)13(17)18/h9-11,15H,1-8H2,(H,17,18). The zero-order chi connectivity index (χ0) is 13.8. The van der Waals surface area contributed by atoms with E-state index in [2.05, 4.69) is 0 Å². The first-order chi connectivity index (χ1) is 9.13. The Balaban J connectivity index is 1.96. The number of nitrogens with zero attached hydrogens (tertiary/aromatic N) is 1. The molecule has 6 nitrogen and oxygen atoms in total. The van der Waals surface area contributed by atoms with Crippen LogP contribution >= 0.6 is 0 Å². The van der Waals surface area contributed by atoms with Crippen molar-refractivity contribution in [2.75, 3.05) is 13.2 Å². The number of carbonyl (C=O) groups excluding carboxylic acids is 1. The lowest BCUT2D eigenvalue weighted by Crippen LogP contribution is -2.48. The molecule has 1 amide bonds. The first-order valence-corrected chi connectivity index (χ1v) is 6.93. The fraction of sp³-hybridized carbons (Fsp3) is 0.846. The van der Waals surface area contributed by atoms with E-state index in [1.165, 1.54) is 0 Å². The minimum absolute atomic E-state index is 0.0672. The SMILES string of the molecule is O=C(O)C1CCC(C(=O)N2CCCCC2CCO)O1. The lowest BCUT2D eigenvalue weighted by atomic mass is 9.98. The fourth-order valence-corrected chi connectivity index (χ4v) is 2.93. The summed E-state index contributed by atoms with van der Waals surface area (Å²) in [6.07, 6.45) is 2.90. The Morgan fingerprint density at radius 2 is 1.89 bits per heavy atom. The first kappa shape index (κ1) is 14.3. The van der Waals surface area contributed by atoms with E-state index in [1.54, 1.807) is 4.90 Å². The highest BCUT2D eigenvalue weighted by Gasteiger charge is 2.38. The predicted molar refractivity (Wildman–Crippen MR) is 66.6 cm³/mol. The third-order valence-corrected chi connectivity index (χ3v) is 3.94. The molecule has 0 aromatic heterocycles. The van der Waals surface area contributed by atoms with Crippen molar-refractivity contribution in [2.45, 2.75) is 56.8 Å². The molecular weight excluding hydrogens is 250 g/mol. The van der Waals surface area contributed by atoms with Crippen molar-refractivity contribution in [3.63, 3.8) is 0 Å². The number of amides is 1. The van der Waals surface area contributed by atoms with Gasteiger partial charge in [0.1, 0.15) is 6.10 Å². The Morgan fingerprint density at radius 1 is 1.16 bits per heavy atom. The molecule has 3 unspecified atom stereocenters. The van der Waals surface area contributed by atoms with Crippen LogP contribution in [0.1, 0.15) is 38.5 Å². The van der Waals surface area contributed by atoms with Crippen molar-refractivity contribution < 1.29 is 24.5 Å². The number of aliphatic hydroxyl groups is 1. The van der Waals surface area contributed by atoms with Gasteiger partial charge in [0.25, 0.3) is 5.91 Å². The lowest BCUT2D eigenvalue weighted by molar-refractivity contribution is -0.156. The smallest absolute Gasteiger partial charge is 0.332 e. The van der Waals surface area contributed by atoms with Crippen molar-refractivity contribution in [1.82, 2.24) is 4.90 Å².